The Hall–Kier alpha value is -1.19. The Labute approximate surface area is 130 Å². The van der Waals surface area contributed by atoms with Crippen LogP contribution in [-0.2, 0) is 0 Å². The number of benzene rings is 1. The molecule has 1 atom stereocenters. The molecule has 21 heavy (non-hydrogen) atoms. The summed E-state index contributed by atoms with van der Waals surface area (Å²) in [6, 6.07) is 12.4. The van der Waals surface area contributed by atoms with Gasteiger partial charge in [0.25, 0.3) is 0 Å². The SMILES string of the molecule is CC(C)C(NC1CC(c2cccc(F)c2)C1)c1cccs1. The van der Waals surface area contributed by atoms with Crippen molar-refractivity contribution in [1.82, 2.24) is 5.32 Å². The summed E-state index contributed by atoms with van der Waals surface area (Å²) in [6.45, 7) is 4.53. The number of halogens is 1. The molecular weight excluding hydrogens is 281 g/mol. The standard InChI is InChI=1S/C18H22FNS/c1-12(2)18(17-7-4-8-21-17)20-16-10-14(11-16)13-5-3-6-15(19)9-13/h3-9,12,14,16,18,20H,10-11H2,1-2H3. The summed E-state index contributed by atoms with van der Waals surface area (Å²) < 4.78 is 13.3. The fourth-order valence-electron chi connectivity index (χ4n) is 3.11. The van der Waals surface area contributed by atoms with Gasteiger partial charge in [0.05, 0.1) is 0 Å². The summed E-state index contributed by atoms with van der Waals surface area (Å²) >= 11 is 1.82. The Bertz CT molecular complexity index is 573. The van der Waals surface area contributed by atoms with E-state index in [-0.39, 0.29) is 5.82 Å². The Balaban J connectivity index is 1.59. The molecule has 0 bridgehead atoms. The van der Waals surface area contributed by atoms with Crippen LogP contribution in [0, 0.1) is 11.7 Å². The molecular formula is C18H22FNS. The van der Waals surface area contributed by atoms with Gasteiger partial charge in [-0.25, -0.2) is 4.39 Å². The van der Waals surface area contributed by atoms with Crippen molar-refractivity contribution in [2.75, 3.05) is 0 Å². The lowest BCUT2D eigenvalue weighted by atomic mass is 9.75. The fourth-order valence-corrected chi connectivity index (χ4v) is 4.07. The van der Waals surface area contributed by atoms with E-state index in [9.17, 15) is 4.39 Å². The summed E-state index contributed by atoms with van der Waals surface area (Å²) in [5.41, 5.74) is 1.14. The molecule has 0 amide bonds. The molecule has 1 N–H and O–H groups in total. The smallest absolute Gasteiger partial charge is 0.123 e. The third kappa shape index (κ3) is 3.35. The van der Waals surface area contributed by atoms with E-state index in [1.165, 1.54) is 10.9 Å². The molecule has 0 saturated heterocycles. The quantitative estimate of drug-likeness (QED) is 0.808. The van der Waals surface area contributed by atoms with Crippen molar-refractivity contribution in [1.29, 1.82) is 0 Å². The number of hydrogen-bond acceptors (Lipinski definition) is 2. The van der Waals surface area contributed by atoms with Gasteiger partial charge in [-0.2, -0.15) is 0 Å². The van der Waals surface area contributed by atoms with Crippen LogP contribution in [0.5, 0.6) is 0 Å². The van der Waals surface area contributed by atoms with Crippen LogP contribution in [0.2, 0.25) is 0 Å². The average Bonchev–Trinajstić information content (AvgIpc) is 2.90. The first-order chi connectivity index (χ1) is 10.1. The van der Waals surface area contributed by atoms with Gasteiger partial charge in [-0.1, -0.05) is 32.0 Å². The highest BCUT2D eigenvalue weighted by Gasteiger charge is 2.33. The second kappa shape index (κ2) is 6.29. The van der Waals surface area contributed by atoms with Gasteiger partial charge in [0.15, 0.2) is 0 Å². The normalized spacial score (nSPS) is 23.0. The molecule has 1 aromatic heterocycles. The summed E-state index contributed by atoms with van der Waals surface area (Å²) in [4.78, 5) is 1.42. The molecule has 112 valence electrons. The minimum Gasteiger partial charge on any atom is -0.306 e. The van der Waals surface area contributed by atoms with Gasteiger partial charge < -0.3 is 5.32 Å². The van der Waals surface area contributed by atoms with Crippen molar-refractivity contribution in [2.45, 2.75) is 44.7 Å². The van der Waals surface area contributed by atoms with Gasteiger partial charge in [-0.15, -0.1) is 11.3 Å². The van der Waals surface area contributed by atoms with Gasteiger partial charge in [0, 0.05) is 17.0 Å². The van der Waals surface area contributed by atoms with Crippen LogP contribution >= 0.6 is 11.3 Å². The Kier molecular flexibility index (Phi) is 4.41. The predicted molar refractivity (Wildman–Crippen MR) is 87.2 cm³/mol. The summed E-state index contributed by atoms with van der Waals surface area (Å²) in [5.74, 6) is 0.966. The van der Waals surface area contributed by atoms with E-state index in [0.29, 0.717) is 23.9 Å². The minimum absolute atomic E-state index is 0.123. The molecule has 1 aromatic carbocycles. The van der Waals surface area contributed by atoms with Crippen molar-refractivity contribution in [3.63, 3.8) is 0 Å². The van der Waals surface area contributed by atoms with Crippen molar-refractivity contribution >= 4 is 11.3 Å². The Morgan fingerprint density at radius 3 is 2.62 bits per heavy atom. The van der Waals surface area contributed by atoms with E-state index in [1.807, 2.05) is 23.5 Å². The van der Waals surface area contributed by atoms with Gasteiger partial charge in [-0.3, -0.25) is 0 Å². The molecule has 2 aromatic rings. The van der Waals surface area contributed by atoms with Crippen molar-refractivity contribution in [2.24, 2.45) is 5.92 Å². The number of rotatable bonds is 5. The molecule has 1 nitrogen and oxygen atoms in total. The van der Waals surface area contributed by atoms with Gasteiger partial charge in [-0.05, 0) is 53.8 Å². The van der Waals surface area contributed by atoms with Crippen LogP contribution in [0.1, 0.15) is 49.1 Å². The zero-order chi connectivity index (χ0) is 14.8. The molecule has 1 heterocycles. The van der Waals surface area contributed by atoms with Crippen LogP contribution in [0.25, 0.3) is 0 Å². The number of hydrogen-bond donors (Lipinski definition) is 1. The van der Waals surface area contributed by atoms with Crippen molar-refractivity contribution in [3.05, 3.63) is 58.0 Å². The molecule has 1 saturated carbocycles. The summed E-state index contributed by atoms with van der Waals surface area (Å²) in [6.07, 6.45) is 2.22. The lowest BCUT2D eigenvalue weighted by Crippen LogP contribution is -2.43. The lowest BCUT2D eigenvalue weighted by molar-refractivity contribution is 0.243. The van der Waals surface area contributed by atoms with Crippen LogP contribution in [-0.4, -0.2) is 6.04 Å². The third-order valence-electron chi connectivity index (χ3n) is 4.39. The molecule has 1 aliphatic rings. The zero-order valence-corrected chi connectivity index (χ0v) is 13.4. The first-order valence-electron chi connectivity index (χ1n) is 7.68. The van der Waals surface area contributed by atoms with Crippen LogP contribution in [0.4, 0.5) is 4.39 Å². The zero-order valence-electron chi connectivity index (χ0n) is 12.6. The highest BCUT2D eigenvalue weighted by Crippen LogP contribution is 2.39. The monoisotopic (exact) mass is 303 g/mol. The molecule has 0 radical (unpaired) electrons. The summed E-state index contributed by atoms with van der Waals surface area (Å²) in [5, 5.41) is 5.93. The van der Waals surface area contributed by atoms with E-state index in [1.54, 1.807) is 6.07 Å². The topological polar surface area (TPSA) is 12.0 Å². The first-order valence-corrected chi connectivity index (χ1v) is 8.56. The number of thiophene rings is 1. The van der Waals surface area contributed by atoms with Crippen LogP contribution < -0.4 is 5.32 Å². The highest BCUT2D eigenvalue weighted by molar-refractivity contribution is 7.10. The predicted octanol–water partition coefficient (Wildman–Crippen LogP) is 5.12. The second-order valence-corrected chi connectivity index (χ2v) is 7.30. The fraction of sp³-hybridized carbons (Fsp3) is 0.444. The van der Waals surface area contributed by atoms with Gasteiger partial charge in [0.1, 0.15) is 5.82 Å². The van der Waals surface area contributed by atoms with E-state index in [0.717, 1.165) is 18.4 Å². The number of nitrogens with one attached hydrogen (secondary N) is 1. The van der Waals surface area contributed by atoms with E-state index in [2.05, 4.69) is 36.7 Å². The van der Waals surface area contributed by atoms with Crippen molar-refractivity contribution in [3.8, 4) is 0 Å². The van der Waals surface area contributed by atoms with Gasteiger partial charge in [0.2, 0.25) is 0 Å². The van der Waals surface area contributed by atoms with E-state index in [4.69, 9.17) is 0 Å². The second-order valence-electron chi connectivity index (χ2n) is 6.32. The largest absolute Gasteiger partial charge is 0.306 e. The molecule has 3 heteroatoms. The average molecular weight is 303 g/mol. The molecule has 1 aliphatic carbocycles. The maximum atomic E-state index is 13.3. The maximum absolute atomic E-state index is 13.3. The molecule has 1 unspecified atom stereocenters. The van der Waals surface area contributed by atoms with E-state index < -0.39 is 0 Å². The lowest BCUT2D eigenvalue weighted by Gasteiger charge is -2.39. The molecule has 0 aliphatic heterocycles. The first kappa shape index (κ1) is 14.7. The van der Waals surface area contributed by atoms with Crippen LogP contribution in [0.15, 0.2) is 41.8 Å². The molecule has 1 fully saturated rings. The maximum Gasteiger partial charge on any atom is 0.123 e. The minimum atomic E-state index is -0.123. The van der Waals surface area contributed by atoms with Crippen molar-refractivity contribution < 1.29 is 4.39 Å². The highest BCUT2D eigenvalue weighted by atomic mass is 32.1. The van der Waals surface area contributed by atoms with Gasteiger partial charge >= 0.3 is 0 Å². The molecule has 3 rings (SSSR count). The Morgan fingerprint density at radius 2 is 2.00 bits per heavy atom. The van der Waals surface area contributed by atoms with E-state index >= 15 is 0 Å². The Morgan fingerprint density at radius 1 is 1.19 bits per heavy atom. The van der Waals surface area contributed by atoms with Crippen LogP contribution in [0.3, 0.4) is 0 Å². The third-order valence-corrected chi connectivity index (χ3v) is 5.35. The molecule has 0 spiro atoms. The summed E-state index contributed by atoms with van der Waals surface area (Å²) in [7, 11) is 0.